The summed E-state index contributed by atoms with van der Waals surface area (Å²) >= 11 is 0. The molecule has 10 heteroatoms. The summed E-state index contributed by atoms with van der Waals surface area (Å²) in [4.78, 5) is 7.82. The lowest BCUT2D eigenvalue weighted by Crippen LogP contribution is -2.22. The molecule has 2 rings (SSSR count). The van der Waals surface area contributed by atoms with Gasteiger partial charge in [0.2, 0.25) is 23.3 Å². The average molecular weight is 380 g/mol. The first-order chi connectivity index (χ1) is 12.8. The third kappa shape index (κ3) is 4.39. The molecule has 0 aliphatic carbocycles. The summed E-state index contributed by atoms with van der Waals surface area (Å²) in [7, 11) is 0. The van der Waals surface area contributed by atoms with E-state index in [1.807, 2.05) is 0 Å². The molecule has 0 atom stereocenters. The molecule has 6 nitrogen and oxygen atoms in total. The Balaban J connectivity index is 2.62. The van der Waals surface area contributed by atoms with Gasteiger partial charge in [-0.3, -0.25) is 10.7 Å². The van der Waals surface area contributed by atoms with Crippen LogP contribution in [0.4, 0.5) is 17.6 Å². The molecule has 27 heavy (non-hydrogen) atoms. The Morgan fingerprint density at radius 3 is 2.44 bits per heavy atom. The van der Waals surface area contributed by atoms with E-state index in [1.165, 1.54) is 26.0 Å². The molecule has 0 aliphatic rings. The number of aryl methyl sites for hydroxylation is 1. The van der Waals surface area contributed by atoms with E-state index in [2.05, 4.69) is 9.98 Å². The number of aromatic nitrogens is 1. The Kier molecular flexibility index (Phi) is 6.10. The summed E-state index contributed by atoms with van der Waals surface area (Å²) in [5.41, 5.74) is 2.18. The second-order valence-corrected chi connectivity index (χ2v) is 5.19. The highest BCUT2D eigenvalue weighted by Gasteiger charge is 2.23. The van der Waals surface area contributed by atoms with Gasteiger partial charge in [-0.05, 0) is 26.0 Å². The first kappa shape index (κ1) is 19.9. The molecule has 1 aromatic heterocycles. The van der Waals surface area contributed by atoms with Crippen molar-refractivity contribution in [1.82, 2.24) is 10.5 Å². The van der Waals surface area contributed by atoms with E-state index in [-0.39, 0.29) is 23.2 Å². The average Bonchev–Trinajstić information content (AvgIpc) is 2.62. The summed E-state index contributed by atoms with van der Waals surface area (Å²) in [5, 5.41) is 17.9. The van der Waals surface area contributed by atoms with Gasteiger partial charge in [-0.15, -0.1) is 0 Å². The highest BCUT2D eigenvalue weighted by molar-refractivity contribution is 6.00. The van der Waals surface area contributed by atoms with Crippen molar-refractivity contribution in [3.63, 3.8) is 0 Å². The molecular weight excluding hydrogens is 368 g/mol. The second kappa shape index (κ2) is 8.29. The van der Waals surface area contributed by atoms with Gasteiger partial charge in [0.25, 0.3) is 0 Å². The van der Waals surface area contributed by atoms with Crippen LogP contribution in [0.1, 0.15) is 18.2 Å². The van der Waals surface area contributed by atoms with Crippen molar-refractivity contribution in [2.45, 2.75) is 13.8 Å². The summed E-state index contributed by atoms with van der Waals surface area (Å²) in [6.07, 6.45) is 1.07. The fourth-order valence-corrected chi connectivity index (χ4v) is 1.98. The van der Waals surface area contributed by atoms with E-state index in [1.54, 1.807) is 11.5 Å². The number of hydrogen-bond acceptors (Lipinski definition) is 5. The van der Waals surface area contributed by atoms with Crippen LogP contribution in [0.15, 0.2) is 35.0 Å². The summed E-state index contributed by atoms with van der Waals surface area (Å²) in [5.74, 6) is -8.91. The van der Waals surface area contributed by atoms with Crippen LogP contribution in [-0.4, -0.2) is 16.0 Å². The lowest BCUT2D eigenvalue weighted by Gasteiger charge is -2.13. The zero-order chi connectivity index (χ0) is 20.1. The summed E-state index contributed by atoms with van der Waals surface area (Å²) in [6, 6.07) is 4.58. The number of nitrogens with zero attached hydrogens (tertiary/aromatic N) is 3. The number of hydroxylamine groups is 1. The van der Waals surface area contributed by atoms with E-state index in [9.17, 15) is 22.8 Å². The lowest BCUT2D eigenvalue weighted by atomic mass is 10.2. The molecule has 0 unspecified atom stereocenters. The van der Waals surface area contributed by atoms with Crippen LogP contribution in [0, 0.1) is 41.5 Å². The van der Waals surface area contributed by atoms with E-state index >= 15 is 0 Å². The van der Waals surface area contributed by atoms with Crippen LogP contribution in [0.2, 0.25) is 0 Å². The molecule has 0 aliphatic heterocycles. The van der Waals surface area contributed by atoms with Crippen molar-refractivity contribution >= 4 is 5.84 Å². The SMILES string of the molecule is C/C(=C\C#N)N=C(NO)c1ccc(C)nc1Oc1c(F)c(F)cc(F)c1F. The normalized spacial score (nSPS) is 11.9. The molecule has 1 aromatic carbocycles. The molecule has 1 heterocycles. The molecule has 0 spiro atoms. The number of rotatable bonds is 4. The van der Waals surface area contributed by atoms with Gasteiger partial charge in [0.15, 0.2) is 17.5 Å². The van der Waals surface area contributed by atoms with Crippen molar-refractivity contribution in [2.75, 3.05) is 0 Å². The van der Waals surface area contributed by atoms with E-state index in [0.717, 1.165) is 6.08 Å². The van der Waals surface area contributed by atoms with Crippen molar-refractivity contribution < 1.29 is 27.5 Å². The molecule has 140 valence electrons. The van der Waals surface area contributed by atoms with Gasteiger partial charge < -0.3 is 4.74 Å². The minimum Gasteiger partial charge on any atom is -0.432 e. The standard InChI is InChI=1S/C17H12F4N4O2/c1-8-3-4-10(16(25-26)23-9(2)5-6-22)17(24-8)27-15-13(20)11(18)7-12(19)14(15)21/h3-5,7,26H,1-2H3,(H,23,25)/b9-5+. The number of nitriles is 1. The van der Waals surface area contributed by atoms with Crippen LogP contribution in [0.3, 0.4) is 0 Å². The Morgan fingerprint density at radius 2 is 1.89 bits per heavy atom. The molecular formula is C17H12F4N4O2. The van der Waals surface area contributed by atoms with Gasteiger partial charge in [-0.2, -0.15) is 14.0 Å². The zero-order valence-corrected chi connectivity index (χ0v) is 14.0. The van der Waals surface area contributed by atoms with Crippen LogP contribution < -0.4 is 10.2 Å². The van der Waals surface area contributed by atoms with Crippen LogP contribution in [-0.2, 0) is 0 Å². The monoisotopic (exact) mass is 380 g/mol. The zero-order valence-electron chi connectivity index (χ0n) is 14.0. The number of pyridine rings is 1. The summed E-state index contributed by atoms with van der Waals surface area (Å²) < 4.78 is 59.5. The van der Waals surface area contributed by atoms with Crippen LogP contribution in [0.5, 0.6) is 11.6 Å². The third-order valence-electron chi connectivity index (χ3n) is 3.19. The van der Waals surface area contributed by atoms with Gasteiger partial charge in [0.1, 0.15) is 0 Å². The minimum atomic E-state index is -1.75. The fraction of sp³-hybridized carbons (Fsp3) is 0.118. The molecule has 0 fully saturated rings. The lowest BCUT2D eigenvalue weighted by molar-refractivity contribution is 0.234. The molecule has 0 radical (unpaired) electrons. The van der Waals surface area contributed by atoms with Gasteiger partial charge in [-0.1, -0.05) is 0 Å². The van der Waals surface area contributed by atoms with Gasteiger partial charge in [-0.25, -0.2) is 18.8 Å². The van der Waals surface area contributed by atoms with E-state index in [4.69, 9.17) is 10.00 Å². The smallest absolute Gasteiger partial charge is 0.230 e. The number of amidine groups is 1. The Labute approximate surface area is 151 Å². The number of hydrogen-bond donors (Lipinski definition) is 2. The van der Waals surface area contributed by atoms with Crippen LogP contribution >= 0.6 is 0 Å². The molecule has 0 amide bonds. The number of halogens is 4. The van der Waals surface area contributed by atoms with Crippen molar-refractivity contribution in [3.05, 3.63) is 64.5 Å². The van der Waals surface area contributed by atoms with Gasteiger partial charge >= 0.3 is 0 Å². The molecule has 0 saturated heterocycles. The van der Waals surface area contributed by atoms with Crippen molar-refractivity contribution in [3.8, 4) is 17.7 Å². The van der Waals surface area contributed by atoms with Gasteiger partial charge in [0, 0.05) is 17.8 Å². The number of ether oxygens (including phenoxy) is 1. The quantitative estimate of drug-likeness (QED) is 0.210. The van der Waals surface area contributed by atoms with Gasteiger partial charge in [0.05, 0.1) is 17.3 Å². The Morgan fingerprint density at radius 1 is 1.26 bits per heavy atom. The van der Waals surface area contributed by atoms with Crippen molar-refractivity contribution in [1.29, 1.82) is 5.26 Å². The number of benzene rings is 1. The second-order valence-electron chi connectivity index (χ2n) is 5.19. The highest BCUT2D eigenvalue weighted by Crippen LogP contribution is 2.32. The maximum Gasteiger partial charge on any atom is 0.230 e. The molecule has 2 aromatic rings. The number of allylic oxidation sites excluding steroid dienone is 2. The molecule has 2 N–H and O–H groups in total. The Hall–Kier alpha value is -3.45. The maximum atomic E-state index is 13.9. The minimum absolute atomic E-state index is 0.0420. The topological polar surface area (TPSA) is 90.5 Å². The fourth-order valence-electron chi connectivity index (χ4n) is 1.98. The molecule has 0 saturated carbocycles. The number of aliphatic imine (C=N–C) groups is 1. The van der Waals surface area contributed by atoms with E-state index in [0.29, 0.717) is 5.69 Å². The Bertz CT molecular complexity index is 958. The number of nitrogens with one attached hydrogen (secondary N) is 1. The van der Waals surface area contributed by atoms with E-state index < -0.39 is 34.9 Å². The third-order valence-corrected chi connectivity index (χ3v) is 3.19. The maximum absolute atomic E-state index is 13.9. The van der Waals surface area contributed by atoms with Crippen LogP contribution in [0.25, 0.3) is 0 Å². The largest absolute Gasteiger partial charge is 0.432 e. The summed E-state index contributed by atoms with van der Waals surface area (Å²) in [6.45, 7) is 2.98. The van der Waals surface area contributed by atoms with Crippen molar-refractivity contribution in [2.24, 2.45) is 4.99 Å². The first-order valence-electron chi connectivity index (χ1n) is 7.32. The molecule has 0 bridgehead atoms. The predicted molar refractivity (Wildman–Crippen MR) is 86.2 cm³/mol. The highest BCUT2D eigenvalue weighted by atomic mass is 19.2. The predicted octanol–water partition coefficient (Wildman–Crippen LogP) is 3.89. The first-order valence-corrected chi connectivity index (χ1v) is 7.32.